The third-order valence-electron chi connectivity index (χ3n) is 4.66. The third kappa shape index (κ3) is 0.989. The summed E-state index contributed by atoms with van der Waals surface area (Å²) in [7, 11) is 0. The van der Waals surface area contributed by atoms with E-state index in [1.54, 1.807) is 27.7 Å². The Labute approximate surface area is 99.7 Å². The van der Waals surface area contributed by atoms with Gasteiger partial charge in [-0.15, -0.1) is 0 Å². The number of hydrogen-bond acceptors (Lipinski definition) is 5. The van der Waals surface area contributed by atoms with Crippen molar-refractivity contribution in [3.8, 4) is 0 Å². The van der Waals surface area contributed by atoms with Gasteiger partial charge in [-0.05, 0) is 6.92 Å². The molecule has 1 saturated carbocycles. The van der Waals surface area contributed by atoms with Crippen LogP contribution in [0.3, 0.4) is 0 Å². The Morgan fingerprint density at radius 1 is 1.41 bits per heavy atom. The Bertz CT molecular complexity index is 408. The molecule has 5 atom stereocenters. The van der Waals surface area contributed by atoms with Gasteiger partial charge in [0.15, 0.2) is 11.2 Å². The summed E-state index contributed by atoms with van der Waals surface area (Å²) >= 11 is 0. The normalized spacial score (nSPS) is 56.9. The van der Waals surface area contributed by atoms with Crippen LogP contribution in [0.2, 0.25) is 0 Å². The Morgan fingerprint density at radius 2 is 1.94 bits per heavy atom. The molecule has 0 aromatic carbocycles. The van der Waals surface area contributed by atoms with Gasteiger partial charge in [0.1, 0.15) is 17.8 Å². The lowest BCUT2D eigenvalue weighted by molar-refractivity contribution is -0.185. The van der Waals surface area contributed by atoms with Gasteiger partial charge in [-0.3, -0.25) is 4.79 Å². The number of ether oxygens (including phenoxy) is 2. The number of carbonyl (C=O) groups is 1. The summed E-state index contributed by atoms with van der Waals surface area (Å²) in [4.78, 5) is 12.5. The molecule has 3 rings (SSSR count). The lowest BCUT2D eigenvalue weighted by atomic mass is 9.60. The molecule has 17 heavy (non-hydrogen) atoms. The average Bonchev–Trinajstić information content (AvgIpc) is 3.05. The van der Waals surface area contributed by atoms with E-state index in [9.17, 15) is 15.0 Å². The van der Waals surface area contributed by atoms with E-state index in [1.165, 1.54) is 0 Å². The van der Waals surface area contributed by atoms with Crippen molar-refractivity contribution < 1.29 is 24.5 Å². The highest BCUT2D eigenvalue weighted by Gasteiger charge is 2.87. The van der Waals surface area contributed by atoms with E-state index in [4.69, 9.17) is 9.47 Å². The molecule has 0 aromatic rings. The lowest BCUT2D eigenvalue weighted by Gasteiger charge is -2.46. The molecule has 0 amide bonds. The van der Waals surface area contributed by atoms with Gasteiger partial charge in [-0.25, -0.2) is 0 Å². The Balaban J connectivity index is 2.11. The number of fused-ring (bicyclic) bond motifs is 2. The summed E-state index contributed by atoms with van der Waals surface area (Å²) in [6.07, 6.45) is -1.72. The van der Waals surface area contributed by atoms with Gasteiger partial charge in [-0.1, -0.05) is 20.8 Å². The fourth-order valence-electron chi connectivity index (χ4n) is 3.08. The minimum absolute atomic E-state index is 0.268. The molecule has 0 bridgehead atoms. The highest BCUT2D eigenvalue weighted by atomic mass is 16.7. The van der Waals surface area contributed by atoms with Crippen LogP contribution in [0.1, 0.15) is 27.7 Å². The van der Waals surface area contributed by atoms with E-state index in [1.807, 2.05) is 0 Å². The van der Waals surface area contributed by atoms with Gasteiger partial charge in [0, 0.05) is 5.41 Å². The van der Waals surface area contributed by atoms with Gasteiger partial charge in [0.05, 0.1) is 6.61 Å². The van der Waals surface area contributed by atoms with Crippen molar-refractivity contribution in [1.29, 1.82) is 0 Å². The minimum atomic E-state index is -1.82. The monoisotopic (exact) mass is 242 g/mol. The van der Waals surface area contributed by atoms with Crippen LogP contribution in [0.4, 0.5) is 0 Å². The first-order chi connectivity index (χ1) is 7.61. The summed E-state index contributed by atoms with van der Waals surface area (Å²) in [5.74, 6) is -0.443. The number of epoxide rings is 2. The highest BCUT2D eigenvalue weighted by molar-refractivity contribution is 6.01. The molecule has 1 aliphatic carbocycles. The van der Waals surface area contributed by atoms with E-state index < -0.39 is 40.2 Å². The number of Topliss-reactive ketones (excluding diaryl/α,β-unsaturated/α-hetero) is 1. The molecule has 2 heterocycles. The molecule has 0 unspecified atom stereocenters. The van der Waals surface area contributed by atoms with Crippen molar-refractivity contribution in [3.05, 3.63) is 0 Å². The van der Waals surface area contributed by atoms with Crippen molar-refractivity contribution >= 4 is 5.78 Å². The van der Waals surface area contributed by atoms with Gasteiger partial charge in [0.2, 0.25) is 5.78 Å². The zero-order chi connectivity index (χ0) is 12.9. The second kappa shape index (κ2) is 2.59. The average molecular weight is 242 g/mol. The number of hydrogen-bond donors (Lipinski definition) is 2. The van der Waals surface area contributed by atoms with Crippen LogP contribution in [0.5, 0.6) is 0 Å². The predicted molar refractivity (Wildman–Crippen MR) is 57.4 cm³/mol. The van der Waals surface area contributed by atoms with Crippen LogP contribution < -0.4 is 0 Å². The summed E-state index contributed by atoms with van der Waals surface area (Å²) < 4.78 is 10.8. The number of aliphatic hydroxyl groups excluding tert-OH is 1. The molecule has 3 fully saturated rings. The smallest absolute Gasteiger partial charge is 0.204 e. The maximum Gasteiger partial charge on any atom is 0.204 e. The van der Waals surface area contributed by atoms with Crippen molar-refractivity contribution in [3.63, 3.8) is 0 Å². The number of ketones is 1. The first-order valence-corrected chi connectivity index (χ1v) is 5.88. The molecule has 1 spiro atoms. The summed E-state index contributed by atoms with van der Waals surface area (Å²) in [6, 6.07) is 0. The molecule has 0 aromatic heterocycles. The topological polar surface area (TPSA) is 82.6 Å². The van der Waals surface area contributed by atoms with Gasteiger partial charge in [0.25, 0.3) is 0 Å². The fourth-order valence-corrected chi connectivity index (χ4v) is 3.08. The van der Waals surface area contributed by atoms with Crippen LogP contribution >= 0.6 is 0 Å². The minimum Gasteiger partial charge on any atom is -0.387 e. The quantitative estimate of drug-likeness (QED) is 0.566. The number of rotatable bonds is 0. The zero-order valence-electron chi connectivity index (χ0n) is 10.5. The molecular weight excluding hydrogens is 224 g/mol. The first kappa shape index (κ1) is 11.6. The van der Waals surface area contributed by atoms with Gasteiger partial charge < -0.3 is 19.7 Å². The van der Waals surface area contributed by atoms with E-state index in [0.29, 0.717) is 0 Å². The summed E-state index contributed by atoms with van der Waals surface area (Å²) in [5.41, 5.74) is -4.39. The van der Waals surface area contributed by atoms with Crippen molar-refractivity contribution in [2.24, 2.45) is 5.41 Å². The molecule has 5 heteroatoms. The second-order valence-corrected chi connectivity index (χ2v) is 6.55. The van der Waals surface area contributed by atoms with Crippen LogP contribution in [-0.2, 0) is 14.3 Å². The van der Waals surface area contributed by atoms with Crippen LogP contribution in [0.15, 0.2) is 0 Å². The predicted octanol–water partition coefficient (Wildman–Crippen LogP) is -0.366. The highest BCUT2D eigenvalue weighted by Crippen LogP contribution is 2.63. The maximum absolute atomic E-state index is 12.5. The Morgan fingerprint density at radius 3 is 2.35 bits per heavy atom. The van der Waals surface area contributed by atoms with Crippen molar-refractivity contribution in [1.82, 2.24) is 0 Å². The number of carbonyl (C=O) groups excluding carboxylic acids is 1. The Hall–Kier alpha value is -0.490. The van der Waals surface area contributed by atoms with Crippen molar-refractivity contribution in [2.75, 3.05) is 6.61 Å². The SMILES string of the molecule is CC(C)(C)[C@@]1(O)C(=O)[C@]2(CO2)[C@@]2(C)O[C@H]2[C@@H]1O. The molecule has 3 aliphatic rings. The van der Waals surface area contributed by atoms with Crippen LogP contribution in [0, 0.1) is 5.41 Å². The van der Waals surface area contributed by atoms with Crippen LogP contribution in [0.25, 0.3) is 0 Å². The first-order valence-electron chi connectivity index (χ1n) is 5.88. The number of aliphatic hydroxyl groups is 2. The van der Waals surface area contributed by atoms with Crippen LogP contribution in [-0.4, -0.2) is 51.6 Å². The standard InChI is InChI=1S/C12H18O5/c1-9(2,3)12(15)6(13)7-10(4,17-7)11(5-16-11)8(12)14/h6-7,13,15H,5H2,1-4H3/t6-,7-,10-,11+,12-/m0/s1. The van der Waals surface area contributed by atoms with E-state index in [0.717, 1.165) is 0 Å². The molecule has 2 N–H and O–H groups in total. The molecular formula is C12H18O5. The maximum atomic E-state index is 12.5. The third-order valence-corrected chi connectivity index (χ3v) is 4.66. The van der Waals surface area contributed by atoms with Gasteiger partial charge >= 0.3 is 0 Å². The second-order valence-electron chi connectivity index (χ2n) is 6.55. The lowest BCUT2D eigenvalue weighted by Crippen LogP contribution is -2.70. The summed E-state index contributed by atoms with van der Waals surface area (Å²) in [6.45, 7) is 7.22. The Kier molecular flexibility index (Phi) is 1.77. The largest absolute Gasteiger partial charge is 0.387 e. The van der Waals surface area contributed by atoms with E-state index >= 15 is 0 Å². The molecule has 2 saturated heterocycles. The van der Waals surface area contributed by atoms with E-state index in [-0.39, 0.29) is 6.61 Å². The molecule has 2 aliphatic heterocycles. The fraction of sp³-hybridized carbons (Fsp3) is 0.917. The summed E-state index contributed by atoms with van der Waals surface area (Å²) in [5, 5.41) is 20.9. The van der Waals surface area contributed by atoms with E-state index in [2.05, 4.69) is 0 Å². The molecule has 5 nitrogen and oxygen atoms in total. The van der Waals surface area contributed by atoms with Crippen molar-refractivity contribution in [2.45, 2.75) is 56.7 Å². The zero-order valence-corrected chi connectivity index (χ0v) is 10.5. The van der Waals surface area contributed by atoms with Gasteiger partial charge in [-0.2, -0.15) is 0 Å². The molecule has 96 valence electrons. The molecule has 0 radical (unpaired) electrons.